The van der Waals surface area contributed by atoms with Crippen LogP contribution in [0.5, 0.6) is 11.5 Å². The predicted molar refractivity (Wildman–Crippen MR) is 66.8 cm³/mol. The molecule has 0 saturated heterocycles. The molecule has 18 heavy (non-hydrogen) atoms. The quantitative estimate of drug-likeness (QED) is 0.457. The van der Waals surface area contributed by atoms with E-state index >= 15 is 0 Å². The summed E-state index contributed by atoms with van der Waals surface area (Å²) in [4.78, 5) is 10.5. The third-order valence-corrected chi connectivity index (χ3v) is 2.13. The van der Waals surface area contributed by atoms with E-state index < -0.39 is 5.97 Å². The summed E-state index contributed by atoms with van der Waals surface area (Å²) in [6.45, 7) is 2.52. The Morgan fingerprint density at radius 1 is 1.44 bits per heavy atom. The molecule has 1 aromatic carbocycles. The fourth-order valence-corrected chi connectivity index (χ4v) is 1.25. The van der Waals surface area contributed by atoms with Crippen LogP contribution < -0.4 is 9.47 Å². The lowest BCUT2D eigenvalue weighted by Gasteiger charge is -2.10. The second kappa shape index (κ2) is 7.34. The van der Waals surface area contributed by atoms with Gasteiger partial charge in [0.05, 0.1) is 7.11 Å². The summed E-state index contributed by atoms with van der Waals surface area (Å²) in [6.07, 6.45) is 2.51. The number of hydrogen-bond donors (Lipinski definition) is 1. The standard InChI is InChI=1S/C13H16O5/c1-3-17-9-18-12-8-11(16-2)6-4-10(12)5-7-13(14)15/h4-8H,3,9H2,1-2H3,(H,14,15). The van der Waals surface area contributed by atoms with Gasteiger partial charge < -0.3 is 19.3 Å². The van der Waals surface area contributed by atoms with Crippen LogP contribution in [0.15, 0.2) is 24.3 Å². The third-order valence-electron chi connectivity index (χ3n) is 2.13. The van der Waals surface area contributed by atoms with Crippen LogP contribution in [0, 0.1) is 0 Å². The van der Waals surface area contributed by atoms with Gasteiger partial charge in [-0.1, -0.05) is 0 Å². The van der Waals surface area contributed by atoms with Gasteiger partial charge in [-0.05, 0) is 25.1 Å². The molecule has 5 heteroatoms. The van der Waals surface area contributed by atoms with E-state index in [0.29, 0.717) is 23.7 Å². The number of hydrogen-bond acceptors (Lipinski definition) is 4. The van der Waals surface area contributed by atoms with Gasteiger partial charge in [-0.25, -0.2) is 4.79 Å². The summed E-state index contributed by atoms with van der Waals surface area (Å²) >= 11 is 0. The molecule has 1 N–H and O–H groups in total. The van der Waals surface area contributed by atoms with Crippen LogP contribution in [0.25, 0.3) is 6.08 Å². The normalized spacial score (nSPS) is 10.6. The number of benzene rings is 1. The lowest BCUT2D eigenvalue weighted by atomic mass is 10.2. The second-order valence-corrected chi connectivity index (χ2v) is 3.33. The maximum atomic E-state index is 10.5. The van der Waals surface area contributed by atoms with E-state index in [2.05, 4.69) is 0 Å². The number of rotatable bonds is 7. The Morgan fingerprint density at radius 3 is 2.83 bits per heavy atom. The van der Waals surface area contributed by atoms with Crippen molar-refractivity contribution in [3.63, 3.8) is 0 Å². The molecule has 1 aromatic rings. The summed E-state index contributed by atoms with van der Waals surface area (Å²) < 4.78 is 15.6. The molecule has 0 radical (unpaired) electrons. The third kappa shape index (κ3) is 4.47. The molecule has 0 atom stereocenters. The van der Waals surface area contributed by atoms with Crippen molar-refractivity contribution in [1.82, 2.24) is 0 Å². The van der Waals surface area contributed by atoms with Gasteiger partial charge in [0.25, 0.3) is 0 Å². The Balaban J connectivity index is 2.89. The van der Waals surface area contributed by atoms with E-state index in [1.165, 1.54) is 6.08 Å². The first-order chi connectivity index (χ1) is 8.67. The topological polar surface area (TPSA) is 65.0 Å². The summed E-state index contributed by atoms with van der Waals surface area (Å²) in [7, 11) is 1.55. The first-order valence-corrected chi connectivity index (χ1v) is 5.47. The molecule has 0 amide bonds. The Kier molecular flexibility index (Phi) is 5.73. The zero-order chi connectivity index (χ0) is 13.4. The van der Waals surface area contributed by atoms with Gasteiger partial charge in [0, 0.05) is 24.3 Å². The summed E-state index contributed by atoms with van der Waals surface area (Å²) in [5, 5.41) is 8.60. The van der Waals surface area contributed by atoms with Crippen molar-refractivity contribution in [2.75, 3.05) is 20.5 Å². The van der Waals surface area contributed by atoms with Crippen molar-refractivity contribution in [3.05, 3.63) is 29.8 Å². The van der Waals surface area contributed by atoms with Gasteiger partial charge in [0.15, 0.2) is 6.79 Å². The van der Waals surface area contributed by atoms with Crippen LogP contribution in [0.1, 0.15) is 12.5 Å². The van der Waals surface area contributed by atoms with Crippen molar-refractivity contribution < 1.29 is 24.1 Å². The monoisotopic (exact) mass is 252 g/mol. The molecular formula is C13H16O5. The summed E-state index contributed by atoms with van der Waals surface area (Å²) in [6, 6.07) is 5.13. The van der Waals surface area contributed by atoms with E-state index in [4.69, 9.17) is 19.3 Å². The van der Waals surface area contributed by atoms with Crippen molar-refractivity contribution >= 4 is 12.0 Å². The fourth-order valence-electron chi connectivity index (χ4n) is 1.25. The smallest absolute Gasteiger partial charge is 0.328 e. The van der Waals surface area contributed by atoms with Gasteiger partial charge in [0.1, 0.15) is 11.5 Å². The summed E-state index contributed by atoms with van der Waals surface area (Å²) in [5.74, 6) is 0.135. The zero-order valence-electron chi connectivity index (χ0n) is 10.4. The molecule has 0 aliphatic rings. The molecule has 0 aromatic heterocycles. The van der Waals surface area contributed by atoms with Crippen molar-refractivity contribution in [2.24, 2.45) is 0 Å². The summed E-state index contributed by atoms with van der Waals surface area (Å²) in [5.41, 5.74) is 0.651. The van der Waals surface area contributed by atoms with E-state index in [-0.39, 0.29) is 6.79 Å². The van der Waals surface area contributed by atoms with Crippen LogP contribution in [-0.2, 0) is 9.53 Å². The van der Waals surface area contributed by atoms with Gasteiger partial charge in [0.2, 0.25) is 0 Å². The van der Waals surface area contributed by atoms with E-state index in [9.17, 15) is 4.79 Å². The van der Waals surface area contributed by atoms with Gasteiger partial charge in [-0.2, -0.15) is 0 Å². The van der Waals surface area contributed by atoms with Crippen LogP contribution in [0.3, 0.4) is 0 Å². The number of carboxylic acid groups (broad SMARTS) is 1. The van der Waals surface area contributed by atoms with E-state index in [0.717, 1.165) is 6.08 Å². The Hall–Kier alpha value is -2.01. The molecule has 0 aliphatic carbocycles. The van der Waals surface area contributed by atoms with Crippen LogP contribution in [-0.4, -0.2) is 31.6 Å². The number of aliphatic carboxylic acids is 1. The van der Waals surface area contributed by atoms with Crippen molar-refractivity contribution in [2.45, 2.75) is 6.92 Å². The van der Waals surface area contributed by atoms with Crippen LogP contribution in [0.2, 0.25) is 0 Å². The molecule has 98 valence electrons. The zero-order valence-corrected chi connectivity index (χ0v) is 10.4. The van der Waals surface area contributed by atoms with E-state index in [1.807, 2.05) is 6.92 Å². The molecule has 0 spiro atoms. The molecule has 0 saturated carbocycles. The molecule has 1 rings (SSSR count). The van der Waals surface area contributed by atoms with Gasteiger partial charge in [-0.15, -0.1) is 0 Å². The minimum atomic E-state index is -1.01. The molecular weight excluding hydrogens is 236 g/mol. The highest BCUT2D eigenvalue weighted by molar-refractivity contribution is 5.86. The van der Waals surface area contributed by atoms with Crippen molar-refractivity contribution in [3.8, 4) is 11.5 Å². The molecule has 0 unspecified atom stereocenters. The number of methoxy groups -OCH3 is 1. The SMILES string of the molecule is CCOCOc1cc(OC)ccc1C=CC(=O)O. The van der Waals surface area contributed by atoms with Crippen LogP contribution in [0.4, 0.5) is 0 Å². The Bertz CT molecular complexity index is 425. The van der Waals surface area contributed by atoms with Gasteiger partial charge in [-0.3, -0.25) is 0 Å². The molecule has 0 fully saturated rings. The Labute approximate surface area is 106 Å². The minimum absolute atomic E-state index is 0.109. The predicted octanol–water partition coefficient (Wildman–Crippen LogP) is 2.17. The highest BCUT2D eigenvalue weighted by atomic mass is 16.7. The van der Waals surface area contributed by atoms with Gasteiger partial charge >= 0.3 is 5.97 Å². The second-order valence-electron chi connectivity index (χ2n) is 3.33. The maximum absolute atomic E-state index is 10.5. The largest absolute Gasteiger partial charge is 0.497 e. The first kappa shape index (κ1) is 14.1. The number of carbonyl (C=O) groups is 1. The lowest BCUT2D eigenvalue weighted by Crippen LogP contribution is -2.03. The highest BCUT2D eigenvalue weighted by Gasteiger charge is 2.04. The Morgan fingerprint density at radius 2 is 2.22 bits per heavy atom. The maximum Gasteiger partial charge on any atom is 0.328 e. The molecule has 0 aliphatic heterocycles. The first-order valence-electron chi connectivity index (χ1n) is 5.47. The highest BCUT2D eigenvalue weighted by Crippen LogP contribution is 2.26. The van der Waals surface area contributed by atoms with E-state index in [1.54, 1.807) is 25.3 Å². The fraction of sp³-hybridized carbons (Fsp3) is 0.308. The molecule has 5 nitrogen and oxygen atoms in total. The average molecular weight is 252 g/mol. The minimum Gasteiger partial charge on any atom is -0.497 e. The van der Waals surface area contributed by atoms with Crippen LogP contribution >= 0.6 is 0 Å². The molecule has 0 heterocycles. The number of carboxylic acids is 1. The number of ether oxygens (including phenoxy) is 3. The average Bonchev–Trinajstić information content (AvgIpc) is 2.37. The molecule has 0 bridgehead atoms. The lowest BCUT2D eigenvalue weighted by molar-refractivity contribution is -0.131. The van der Waals surface area contributed by atoms with Crippen molar-refractivity contribution in [1.29, 1.82) is 0 Å².